The molecule has 7 nitrogen and oxygen atoms in total. The van der Waals surface area contributed by atoms with Crippen LogP contribution in [0.1, 0.15) is 48.5 Å². The highest BCUT2D eigenvalue weighted by Gasteiger charge is 2.46. The molecule has 1 aliphatic heterocycles. The van der Waals surface area contributed by atoms with Gasteiger partial charge in [-0.05, 0) is 81.3 Å². The molecule has 160 valence electrons. The third-order valence-corrected chi connectivity index (χ3v) is 7.03. The number of pyridine rings is 1. The standard InChI is InChI=1S/C25H24N6O/c1-15-9-21(29-31-14-16(2)28-23(15)31)18-10-17-4-8-30(24(32)22(17)19(11-18)13-26)20-3-7-27-25(12-20)5-6-25/h4,8-11,14,20,27H,3,5-7,12H2,1-2H3. The Morgan fingerprint density at radius 1 is 1.25 bits per heavy atom. The Kier molecular flexibility index (Phi) is 4.05. The van der Waals surface area contributed by atoms with Crippen LogP contribution in [-0.2, 0) is 0 Å². The van der Waals surface area contributed by atoms with Gasteiger partial charge in [-0.1, -0.05) is 0 Å². The van der Waals surface area contributed by atoms with Crippen LogP contribution in [0.5, 0.6) is 0 Å². The zero-order valence-corrected chi connectivity index (χ0v) is 18.2. The van der Waals surface area contributed by atoms with E-state index in [1.807, 2.05) is 49.0 Å². The minimum atomic E-state index is -0.0712. The second kappa shape index (κ2) is 6.75. The molecule has 2 aliphatic rings. The third kappa shape index (κ3) is 2.94. The fraction of sp³-hybridized carbons (Fsp3) is 0.360. The van der Waals surface area contributed by atoms with Crippen molar-refractivity contribution in [3.05, 3.63) is 63.8 Å². The molecule has 1 atom stereocenters. The van der Waals surface area contributed by atoms with Crippen LogP contribution in [0.25, 0.3) is 27.7 Å². The van der Waals surface area contributed by atoms with Crippen molar-refractivity contribution in [1.29, 1.82) is 5.26 Å². The lowest BCUT2D eigenvalue weighted by Gasteiger charge is -2.32. The van der Waals surface area contributed by atoms with E-state index >= 15 is 0 Å². The molecule has 4 aromatic rings. The maximum absolute atomic E-state index is 13.5. The van der Waals surface area contributed by atoms with Gasteiger partial charge in [0, 0.05) is 23.3 Å². The van der Waals surface area contributed by atoms with Gasteiger partial charge in [0.15, 0.2) is 5.65 Å². The summed E-state index contributed by atoms with van der Waals surface area (Å²) >= 11 is 0. The van der Waals surface area contributed by atoms with Gasteiger partial charge in [-0.25, -0.2) is 9.50 Å². The molecule has 1 aromatic carbocycles. The van der Waals surface area contributed by atoms with E-state index in [4.69, 9.17) is 5.10 Å². The molecule has 0 amide bonds. The number of imidazole rings is 1. The first kappa shape index (κ1) is 19.2. The van der Waals surface area contributed by atoms with Gasteiger partial charge in [0.2, 0.25) is 0 Å². The van der Waals surface area contributed by atoms with Crippen molar-refractivity contribution in [2.45, 2.75) is 51.1 Å². The number of hydrogen-bond donors (Lipinski definition) is 1. The van der Waals surface area contributed by atoms with E-state index in [-0.39, 0.29) is 17.1 Å². The summed E-state index contributed by atoms with van der Waals surface area (Å²) in [5.41, 5.74) is 4.87. The van der Waals surface area contributed by atoms with Crippen molar-refractivity contribution in [2.75, 3.05) is 6.54 Å². The van der Waals surface area contributed by atoms with Gasteiger partial charge in [0.25, 0.3) is 5.56 Å². The smallest absolute Gasteiger partial charge is 0.260 e. The first-order valence-corrected chi connectivity index (χ1v) is 11.1. The van der Waals surface area contributed by atoms with Gasteiger partial charge in [0.1, 0.15) is 6.07 Å². The highest BCUT2D eigenvalue weighted by Crippen LogP contribution is 2.45. The van der Waals surface area contributed by atoms with Gasteiger partial charge < -0.3 is 9.88 Å². The average molecular weight is 425 g/mol. The molecule has 1 spiro atoms. The third-order valence-electron chi connectivity index (χ3n) is 7.03. The fourth-order valence-electron chi connectivity index (χ4n) is 5.20. The molecule has 0 radical (unpaired) electrons. The predicted molar refractivity (Wildman–Crippen MR) is 123 cm³/mol. The Labute approximate surface area is 185 Å². The van der Waals surface area contributed by atoms with Crippen molar-refractivity contribution in [3.63, 3.8) is 0 Å². The van der Waals surface area contributed by atoms with Crippen molar-refractivity contribution < 1.29 is 0 Å². The van der Waals surface area contributed by atoms with Crippen LogP contribution in [0.2, 0.25) is 0 Å². The molecule has 0 bridgehead atoms. The molecule has 1 aliphatic carbocycles. The van der Waals surface area contributed by atoms with Gasteiger partial charge >= 0.3 is 0 Å². The Morgan fingerprint density at radius 2 is 2.09 bits per heavy atom. The minimum Gasteiger partial charge on any atom is -0.312 e. The second-order valence-corrected chi connectivity index (χ2v) is 9.34. The highest BCUT2D eigenvalue weighted by atomic mass is 16.1. The van der Waals surface area contributed by atoms with Crippen molar-refractivity contribution >= 4 is 16.4 Å². The first-order valence-electron chi connectivity index (χ1n) is 11.1. The average Bonchev–Trinajstić information content (AvgIpc) is 3.40. The Morgan fingerprint density at radius 3 is 2.88 bits per heavy atom. The number of rotatable bonds is 2. The number of aryl methyl sites for hydroxylation is 2. The lowest BCUT2D eigenvalue weighted by molar-refractivity contribution is 0.282. The predicted octanol–water partition coefficient (Wildman–Crippen LogP) is 3.66. The molecule has 1 unspecified atom stereocenters. The van der Waals surface area contributed by atoms with Crippen LogP contribution in [0, 0.1) is 25.2 Å². The molecule has 4 heterocycles. The summed E-state index contributed by atoms with van der Waals surface area (Å²) in [6.45, 7) is 4.88. The molecule has 1 N–H and O–H groups in total. The highest BCUT2D eigenvalue weighted by molar-refractivity contribution is 5.91. The van der Waals surface area contributed by atoms with E-state index in [9.17, 15) is 10.1 Å². The second-order valence-electron chi connectivity index (χ2n) is 9.34. The van der Waals surface area contributed by atoms with Crippen LogP contribution >= 0.6 is 0 Å². The quantitative estimate of drug-likeness (QED) is 0.531. The Balaban J connectivity index is 1.49. The van der Waals surface area contributed by atoms with Crippen molar-refractivity contribution in [3.8, 4) is 17.3 Å². The number of fused-ring (bicyclic) bond motifs is 2. The monoisotopic (exact) mass is 424 g/mol. The number of piperidine rings is 1. The molecule has 1 saturated heterocycles. The number of nitrogens with one attached hydrogen (secondary N) is 1. The maximum Gasteiger partial charge on any atom is 0.260 e. The first-order chi connectivity index (χ1) is 15.5. The van der Waals surface area contributed by atoms with Gasteiger partial charge in [-0.2, -0.15) is 10.4 Å². The summed E-state index contributed by atoms with van der Waals surface area (Å²) in [4.78, 5) is 18.0. The largest absolute Gasteiger partial charge is 0.312 e. The molecule has 1 saturated carbocycles. The zero-order chi connectivity index (χ0) is 22.0. The van der Waals surface area contributed by atoms with Crippen LogP contribution in [0.3, 0.4) is 0 Å². The van der Waals surface area contributed by atoms with E-state index in [1.165, 1.54) is 12.8 Å². The SMILES string of the molecule is Cc1cn2nc(-c3cc(C#N)c4c(=O)n(C5CCNC6(CC6)C5)ccc4c3)cc(C)c2n1. The number of benzene rings is 1. The summed E-state index contributed by atoms with van der Waals surface area (Å²) in [7, 11) is 0. The van der Waals surface area contributed by atoms with Gasteiger partial charge in [-0.3, -0.25) is 4.79 Å². The number of aromatic nitrogens is 4. The normalized spacial score (nSPS) is 19.5. The molecular weight excluding hydrogens is 400 g/mol. The molecule has 3 aromatic heterocycles. The maximum atomic E-state index is 13.5. The van der Waals surface area contributed by atoms with E-state index in [0.29, 0.717) is 10.9 Å². The number of nitriles is 1. The van der Waals surface area contributed by atoms with Crippen LogP contribution in [-0.4, -0.2) is 31.2 Å². The lowest BCUT2D eigenvalue weighted by atomic mass is 9.96. The van der Waals surface area contributed by atoms with E-state index < -0.39 is 0 Å². The van der Waals surface area contributed by atoms with Crippen LogP contribution in [0.15, 0.2) is 41.5 Å². The van der Waals surface area contributed by atoms with Gasteiger partial charge in [-0.15, -0.1) is 0 Å². The summed E-state index contributed by atoms with van der Waals surface area (Å²) in [5, 5.41) is 19.5. The lowest BCUT2D eigenvalue weighted by Crippen LogP contribution is -2.42. The van der Waals surface area contributed by atoms with E-state index in [1.54, 1.807) is 10.6 Å². The van der Waals surface area contributed by atoms with Crippen molar-refractivity contribution in [2.24, 2.45) is 0 Å². The molecule has 7 heteroatoms. The number of hydrogen-bond acceptors (Lipinski definition) is 5. The molecule has 2 fully saturated rings. The summed E-state index contributed by atoms with van der Waals surface area (Å²) in [6.07, 6.45) is 8.08. The fourth-order valence-corrected chi connectivity index (χ4v) is 5.20. The number of nitrogens with zero attached hydrogens (tertiary/aromatic N) is 5. The topological polar surface area (TPSA) is 88.0 Å². The van der Waals surface area contributed by atoms with E-state index in [2.05, 4.69) is 16.4 Å². The van der Waals surface area contributed by atoms with Crippen molar-refractivity contribution in [1.82, 2.24) is 24.5 Å². The summed E-state index contributed by atoms with van der Waals surface area (Å²) in [6, 6.07) is 10.1. The molecule has 32 heavy (non-hydrogen) atoms. The summed E-state index contributed by atoms with van der Waals surface area (Å²) in [5.74, 6) is 0. The zero-order valence-electron chi connectivity index (χ0n) is 18.2. The molecular formula is C25H24N6O. The van der Waals surface area contributed by atoms with E-state index in [0.717, 1.165) is 52.9 Å². The van der Waals surface area contributed by atoms with Gasteiger partial charge in [0.05, 0.1) is 28.5 Å². The van der Waals surface area contributed by atoms with Crippen LogP contribution < -0.4 is 10.9 Å². The van der Waals surface area contributed by atoms with Crippen LogP contribution in [0.4, 0.5) is 0 Å². The Hall–Kier alpha value is -3.50. The Bertz CT molecular complexity index is 1500. The molecule has 6 rings (SSSR count). The summed E-state index contributed by atoms with van der Waals surface area (Å²) < 4.78 is 3.63. The minimum absolute atomic E-state index is 0.0712.